The topological polar surface area (TPSA) is 43.4 Å². The Bertz CT molecular complexity index is 369. The summed E-state index contributed by atoms with van der Waals surface area (Å²) in [6.07, 6.45) is 1.13. The molecule has 19 heavy (non-hydrogen) atoms. The van der Waals surface area contributed by atoms with Crippen molar-refractivity contribution in [2.75, 3.05) is 26.9 Å². The van der Waals surface area contributed by atoms with Crippen LogP contribution in [0.3, 0.4) is 0 Å². The summed E-state index contributed by atoms with van der Waals surface area (Å²) in [7, 11) is 1.70. The third-order valence-corrected chi connectivity index (χ3v) is 3.07. The molecule has 1 rings (SSSR count). The van der Waals surface area contributed by atoms with E-state index in [0.29, 0.717) is 19.1 Å². The van der Waals surface area contributed by atoms with Gasteiger partial charge in [0.2, 0.25) is 0 Å². The fourth-order valence-corrected chi connectivity index (χ4v) is 1.59. The lowest BCUT2D eigenvalue weighted by atomic mass is 10.1. The van der Waals surface area contributed by atoms with Crippen molar-refractivity contribution in [2.24, 2.45) is 5.92 Å². The Morgan fingerprint density at radius 3 is 2.84 bits per heavy atom. The van der Waals surface area contributed by atoms with Crippen molar-refractivity contribution in [3.8, 4) is 5.75 Å². The number of pyridine rings is 1. The molecule has 1 aromatic rings. The zero-order valence-corrected chi connectivity index (χ0v) is 12.5. The SMILES string of the molecule is CCC(C)COc1ccc(C)nc1CNCCOC. The fraction of sp³-hybridized carbons (Fsp3) is 0.667. The predicted molar refractivity (Wildman–Crippen MR) is 77.5 cm³/mol. The third-order valence-electron chi connectivity index (χ3n) is 3.07. The van der Waals surface area contributed by atoms with Crippen LogP contribution in [0.2, 0.25) is 0 Å². The van der Waals surface area contributed by atoms with Gasteiger partial charge in [0, 0.05) is 25.9 Å². The highest BCUT2D eigenvalue weighted by molar-refractivity contribution is 5.29. The van der Waals surface area contributed by atoms with Crippen molar-refractivity contribution in [3.05, 3.63) is 23.5 Å². The lowest BCUT2D eigenvalue weighted by Crippen LogP contribution is -2.20. The maximum Gasteiger partial charge on any atom is 0.142 e. The van der Waals surface area contributed by atoms with Gasteiger partial charge in [0.1, 0.15) is 5.75 Å². The zero-order valence-electron chi connectivity index (χ0n) is 12.5. The molecule has 0 amide bonds. The van der Waals surface area contributed by atoms with E-state index in [1.807, 2.05) is 19.1 Å². The van der Waals surface area contributed by atoms with Gasteiger partial charge in [-0.25, -0.2) is 0 Å². The number of hydrogen-bond acceptors (Lipinski definition) is 4. The standard InChI is InChI=1S/C15H26N2O2/c1-5-12(2)11-19-15-7-6-13(3)17-14(15)10-16-8-9-18-4/h6-7,12,16H,5,8-11H2,1-4H3. The van der Waals surface area contributed by atoms with Gasteiger partial charge in [-0.3, -0.25) is 4.98 Å². The third kappa shape index (κ3) is 6.03. The van der Waals surface area contributed by atoms with Crippen molar-refractivity contribution in [1.82, 2.24) is 10.3 Å². The van der Waals surface area contributed by atoms with Crippen LogP contribution in [0.1, 0.15) is 31.7 Å². The lowest BCUT2D eigenvalue weighted by Gasteiger charge is -2.14. The van der Waals surface area contributed by atoms with Gasteiger partial charge in [0.05, 0.1) is 18.9 Å². The average Bonchev–Trinajstić information content (AvgIpc) is 2.42. The molecule has 0 aliphatic heterocycles. The van der Waals surface area contributed by atoms with Crippen LogP contribution in [0.15, 0.2) is 12.1 Å². The van der Waals surface area contributed by atoms with Crippen LogP contribution in [0.25, 0.3) is 0 Å². The van der Waals surface area contributed by atoms with Crippen LogP contribution in [0.4, 0.5) is 0 Å². The van der Waals surface area contributed by atoms with E-state index in [1.54, 1.807) is 7.11 Å². The van der Waals surface area contributed by atoms with Crippen LogP contribution in [0.5, 0.6) is 5.75 Å². The molecule has 108 valence electrons. The maximum absolute atomic E-state index is 5.87. The molecule has 0 spiro atoms. The number of aryl methyl sites for hydroxylation is 1. The van der Waals surface area contributed by atoms with E-state index < -0.39 is 0 Å². The lowest BCUT2D eigenvalue weighted by molar-refractivity contribution is 0.198. The van der Waals surface area contributed by atoms with Gasteiger partial charge in [-0.15, -0.1) is 0 Å². The van der Waals surface area contributed by atoms with Gasteiger partial charge in [0.25, 0.3) is 0 Å². The second kappa shape index (κ2) is 8.88. The Hall–Kier alpha value is -1.13. The second-order valence-corrected chi connectivity index (χ2v) is 4.89. The number of nitrogens with zero attached hydrogens (tertiary/aromatic N) is 1. The molecule has 0 bridgehead atoms. The Morgan fingerprint density at radius 2 is 2.16 bits per heavy atom. The summed E-state index contributed by atoms with van der Waals surface area (Å²) in [6.45, 7) is 9.34. The first-order chi connectivity index (χ1) is 9.17. The van der Waals surface area contributed by atoms with Crippen molar-refractivity contribution in [2.45, 2.75) is 33.7 Å². The maximum atomic E-state index is 5.87. The van der Waals surface area contributed by atoms with Gasteiger partial charge >= 0.3 is 0 Å². The number of ether oxygens (including phenoxy) is 2. The number of hydrogen-bond donors (Lipinski definition) is 1. The molecule has 1 heterocycles. The van der Waals surface area contributed by atoms with Crippen molar-refractivity contribution < 1.29 is 9.47 Å². The zero-order chi connectivity index (χ0) is 14.1. The first-order valence-electron chi connectivity index (χ1n) is 6.96. The Labute approximate surface area is 116 Å². The molecule has 4 nitrogen and oxygen atoms in total. The Balaban J connectivity index is 2.58. The molecule has 0 radical (unpaired) electrons. The minimum Gasteiger partial charge on any atom is -0.491 e. The van der Waals surface area contributed by atoms with Gasteiger partial charge < -0.3 is 14.8 Å². The van der Waals surface area contributed by atoms with E-state index in [1.165, 1.54) is 0 Å². The molecular weight excluding hydrogens is 240 g/mol. The summed E-state index contributed by atoms with van der Waals surface area (Å²) in [6, 6.07) is 4.00. The van der Waals surface area contributed by atoms with Crippen LogP contribution in [-0.4, -0.2) is 31.9 Å². The summed E-state index contributed by atoms with van der Waals surface area (Å²) < 4.78 is 10.9. The van der Waals surface area contributed by atoms with Crippen LogP contribution in [-0.2, 0) is 11.3 Å². The number of aromatic nitrogens is 1. The first kappa shape index (κ1) is 15.9. The second-order valence-electron chi connectivity index (χ2n) is 4.89. The van der Waals surface area contributed by atoms with Crippen molar-refractivity contribution >= 4 is 0 Å². The normalized spacial score (nSPS) is 12.4. The van der Waals surface area contributed by atoms with E-state index in [4.69, 9.17) is 9.47 Å². The highest BCUT2D eigenvalue weighted by atomic mass is 16.5. The van der Waals surface area contributed by atoms with Gasteiger partial charge in [-0.05, 0) is 25.0 Å². The average molecular weight is 266 g/mol. The summed E-state index contributed by atoms with van der Waals surface area (Å²) in [4.78, 5) is 4.55. The molecule has 1 unspecified atom stereocenters. The van der Waals surface area contributed by atoms with E-state index >= 15 is 0 Å². The molecule has 0 aliphatic rings. The highest BCUT2D eigenvalue weighted by Gasteiger charge is 2.07. The van der Waals surface area contributed by atoms with Gasteiger partial charge in [-0.2, -0.15) is 0 Å². The van der Waals surface area contributed by atoms with Crippen LogP contribution < -0.4 is 10.1 Å². The molecule has 0 saturated heterocycles. The first-order valence-corrected chi connectivity index (χ1v) is 6.96. The summed E-state index contributed by atoms with van der Waals surface area (Å²) >= 11 is 0. The molecule has 1 aromatic heterocycles. The monoisotopic (exact) mass is 266 g/mol. The van der Waals surface area contributed by atoms with Gasteiger partial charge in [-0.1, -0.05) is 20.3 Å². The molecule has 0 aromatic carbocycles. The molecule has 1 N–H and O–H groups in total. The minimum atomic E-state index is 0.565. The van der Waals surface area contributed by atoms with Crippen molar-refractivity contribution in [1.29, 1.82) is 0 Å². The van der Waals surface area contributed by atoms with Gasteiger partial charge in [0.15, 0.2) is 0 Å². The van der Waals surface area contributed by atoms with E-state index in [0.717, 1.165) is 36.7 Å². The van der Waals surface area contributed by atoms with Crippen LogP contribution >= 0.6 is 0 Å². The van der Waals surface area contributed by atoms with E-state index in [-0.39, 0.29) is 0 Å². The minimum absolute atomic E-state index is 0.565. The molecule has 0 saturated carbocycles. The summed E-state index contributed by atoms with van der Waals surface area (Å²) in [5.74, 6) is 1.45. The molecule has 0 fully saturated rings. The Kier molecular flexibility index (Phi) is 7.45. The smallest absolute Gasteiger partial charge is 0.142 e. The fourth-order valence-electron chi connectivity index (χ4n) is 1.59. The quantitative estimate of drug-likeness (QED) is 0.698. The number of rotatable bonds is 9. The predicted octanol–water partition coefficient (Wildman–Crippen LogP) is 2.55. The Morgan fingerprint density at radius 1 is 1.37 bits per heavy atom. The van der Waals surface area contributed by atoms with E-state index in [2.05, 4.69) is 24.1 Å². The molecular formula is C15H26N2O2. The molecule has 4 heteroatoms. The molecule has 1 atom stereocenters. The van der Waals surface area contributed by atoms with E-state index in [9.17, 15) is 0 Å². The number of methoxy groups -OCH3 is 1. The van der Waals surface area contributed by atoms with Crippen molar-refractivity contribution in [3.63, 3.8) is 0 Å². The highest BCUT2D eigenvalue weighted by Crippen LogP contribution is 2.18. The largest absolute Gasteiger partial charge is 0.491 e. The molecule has 0 aliphatic carbocycles. The summed E-state index contributed by atoms with van der Waals surface area (Å²) in [5, 5.41) is 3.30. The summed E-state index contributed by atoms with van der Waals surface area (Å²) in [5.41, 5.74) is 1.99. The number of nitrogens with one attached hydrogen (secondary N) is 1. The van der Waals surface area contributed by atoms with Crippen LogP contribution in [0, 0.1) is 12.8 Å².